The van der Waals surface area contributed by atoms with E-state index in [4.69, 9.17) is 4.52 Å². The van der Waals surface area contributed by atoms with Crippen molar-refractivity contribution in [2.75, 3.05) is 13.1 Å². The van der Waals surface area contributed by atoms with E-state index in [-0.39, 0.29) is 5.92 Å². The maximum Gasteiger partial charge on any atom is 0.243 e. The van der Waals surface area contributed by atoms with E-state index in [0.29, 0.717) is 24.4 Å². The summed E-state index contributed by atoms with van der Waals surface area (Å²) in [5.41, 5.74) is 3.37. The smallest absolute Gasteiger partial charge is 0.243 e. The van der Waals surface area contributed by atoms with E-state index in [2.05, 4.69) is 15.1 Å². The third-order valence-electron chi connectivity index (χ3n) is 5.14. The Morgan fingerprint density at radius 2 is 1.96 bits per heavy atom. The Balaban J connectivity index is 1.49. The summed E-state index contributed by atoms with van der Waals surface area (Å²) in [4.78, 5) is 9.09. The Morgan fingerprint density at radius 1 is 1.18 bits per heavy atom. The van der Waals surface area contributed by atoms with Gasteiger partial charge >= 0.3 is 0 Å². The average Bonchev–Trinajstić information content (AvgIpc) is 3.29. The summed E-state index contributed by atoms with van der Waals surface area (Å²) in [7, 11) is -3.44. The van der Waals surface area contributed by atoms with Gasteiger partial charge in [0.05, 0.1) is 21.8 Å². The molecular weight excluding hydrogens is 376 g/mol. The van der Waals surface area contributed by atoms with Gasteiger partial charge in [0.25, 0.3) is 0 Å². The van der Waals surface area contributed by atoms with Gasteiger partial charge in [-0.2, -0.15) is 4.31 Å². The Morgan fingerprint density at radius 3 is 2.68 bits per heavy atom. The highest BCUT2D eigenvalue weighted by atomic mass is 32.2. The Hall–Kier alpha value is -2.58. The number of rotatable bonds is 5. The fraction of sp³-hybridized carbons (Fsp3) is 0.350. The van der Waals surface area contributed by atoms with E-state index in [1.54, 1.807) is 34.9 Å². The van der Waals surface area contributed by atoms with Crippen molar-refractivity contribution in [3.8, 4) is 11.3 Å². The van der Waals surface area contributed by atoms with Crippen molar-refractivity contribution >= 4 is 10.0 Å². The summed E-state index contributed by atoms with van der Waals surface area (Å²) < 4.78 is 32.4. The maximum atomic E-state index is 12.8. The molecule has 146 valence electrons. The van der Waals surface area contributed by atoms with E-state index in [1.165, 1.54) is 0 Å². The van der Waals surface area contributed by atoms with Crippen LogP contribution in [-0.2, 0) is 16.4 Å². The lowest BCUT2D eigenvalue weighted by molar-refractivity contribution is 0.393. The normalized spacial score (nSPS) is 17.9. The molecule has 0 N–H and O–H groups in total. The highest BCUT2D eigenvalue weighted by molar-refractivity contribution is 7.89. The molecule has 3 aromatic rings. The van der Waals surface area contributed by atoms with Crippen LogP contribution in [0.25, 0.3) is 11.3 Å². The van der Waals surface area contributed by atoms with Crippen LogP contribution in [0.5, 0.6) is 0 Å². The molecule has 1 saturated heterocycles. The van der Waals surface area contributed by atoms with Gasteiger partial charge in [0.1, 0.15) is 12.1 Å². The summed E-state index contributed by atoms with van der Waals surface area (Å²) in [5, 5.41) is 3.98. The molecule has 0 saturated carbocycles. The summed E-state index contributed by atoms with van der Waals surface area (Å²) in [5.74, 6) is 0.953. The van der Waals surface area contributed by atoms with E-state index < -0.39 is 10.0 Å². The second-order valence-electron chi connectivity index (χ2n) is 7.13. The van der Waals surface area contributed by atoms with Crippen molar-refractivity contribution in [1.29, 1.82) is 0 Å². The van der Waals surface area contributed by atoms with Gasteiger partial charge in [0.15, 0.2) is 0 Å². The molecule has 1 fully saturated rings. The topological polar surface area (TPSA) is 89.2 Å². The molecule has 1 atom stereocenters. The minimum absolute atomic E-state index is 0.228. The number of hydrogen-bond acceptors (Lipinski definition) is 6. The van der Waals surface area contributed by atoms with Gasteiger partial charge in [0, 0.05) is 18.8 Å². The van der Waals surface area contributed by atoms with Crippen molar-refractivity contribution in [3.05, 3.63) is 59.9 Å². The highest BCUT2D eigenvalue weighted by Gasteiger charge is 2.32. The quantitative estimate of drug-likeness (QED) is 0.656. The molecule has 2 aromatic heterocycles. The minimum Gasteiger partial charge on any atom is -0.361 e. The number of aromatic nitrogens is 3. The van der Waals surface area contributed by atoms with Gasteiger partial charge in [-0.1, -0.05) is 23.4 Å². The molecule has 0 amide bonds. The zero-order valence-electron chi connectivity index (χ0n) is 15.9. The lowest BCUT2D eigenvalue weighted by Gasteiger charge is -2.16. The number of nitrogens with zero attached hydrogens (tertiary/aromatic N) is 4. The van der Waals surface area contributed by atoms with Crippen molar-refractivity contribution in [2.24, 2.45) is 5.92 Å². The molecule has 4 rings (SSSR count). The van der Waals surface area contributed by atoms with Gasteiger partial charge in [-0.15, -0.1) is 0 Å². The molecule has 0 spiro atoms. The largest absolute Gasteiger partial charge is 0.361 e. The molecule has 8 heteroatoms. The van der Waals surface area contributed by atoms with Crippen LogP contribution < -0.4 is 0 Å². The molecule has 28 heavy (non-hydrogen) atoms. The number of benzene rings is 1. The molecule has 1 aromatic carbocycles. The lowest BCUT2D eigenvalue weighted by atomic mass is 10.0. The van der Waals surface area contributed by atoms with E-state index in [1.807, 2.05) is 26.0 Å². The Bertz CT molecular complexity index is 1060. The first kappa shape index (κ1) is 18.8. The molecule has 0 bridgehead atoms. The third-order valence-corrected chi connectivity index (χ3v) is 7.02. The summed E-state index contributed by atoms with van der Waals surface area (Å²) in [6, 6.07) is 10.5. The Kier molecular flexibility index (Phi) is 4.99. The molecule has 0 aliphatic carbocycles. The van der Waals surface area contributed by atoms with Gasteiger partial charge in [-0.05, 0) is 50.8 Å². The van der Waals surface area contributed by atoms with Crippen LogP contribution in [0.2, 0.25) is 0 Å². The average molecular weight is 398 g/mol. The van der Waals surface area contributed by atoms with Crippen LogP contribution in [0.3, 0.4) is 0 Å². The number of hydrogen-bond donors (Lipinski definition) is 0. The molecule has 7 nitrogen and oxygen atoms in total. The van der Waals surface area contributed by atoms with E-state index in [0.717, 1.165) is 34.8 Å². The minimum atomic E-state index is -3.44. The second kappa shape index (κ2) is 7.44. The number of aryl methyl sites for hydroxylation is 2. The first-order valence-electron chi connectivity index (χ1n) is 9.24. The predicted molar refractivity (Wildman–Crippen MR) is 104 cm³/mol. The highest BCUT2D eigenvalue weighted by Crippen LogP contribution is 2.28. The monoisotopic (exact) mass is 398 g/mol. The van der Waals surface area contributed by atoms with E-state index in [9.17, 15) is 8.42 Å². The maximum absolute atomic E-state index is 12.8. The first-order valence-corrected chi connectivity index (χ1v) is 10.7. The van der Waals surface area contributed by atoms with Crippen LogP contribution in [-0.4, -0.2) is 40.9 Å². The standard InChI is InChI=1S/C20H22N4O3S/c1-14-20(15(2)27-23-14)19-11-17(21-13-22-19)10-16-8-9-24(12-16)28(25,26)18-6-4-3-5-7-18/h3-7,11,13,16H,8-10,12H2,1-2H3/t16-/m1/s1. The van der Waals surface area contributed by atoms with Crippen LogP contribution >= 0.6 is 0 Å². The first-order chi connectivity index (χ1) is 13.4. The SMILES string of the molecule is Cc1noc(C)c1-c1cc(C[C@H]2CCN(S(=O)(=O)c3ccccc3)C2)ncn1. The van der Waals surface area contributed by atoms with Crippen molar-refractivity contribution in [1.82, 2.24) is 19.4 Å². The lowest BCUT2D eigenvalue weighted by Crippen LogP contribution is -2.29. The van der Waals surface area contributed by atoms with Crippen molar-refractivity contribution < 1.29 is 12.9 Å². The fourth-order valence-corrected chi connectivity index (χ4v) is 5.27. The van der Waals surface area contributed by atoms with Crippen LogP contribution in [0.15, 0.2) is 52.1 Å². The summed E-state index contributed by atoms with van der Waals surface area (Å²) in [6.07, 6.45) is 3.07. The fourth-order valence-electron chi connectivity index (χ4n) is 3.71. The molecule has 3 heterocycles. The zero-order valence-corrected chi connectivity index (χ0v) is 16.7. The number of sulfonamides is 1. The predicted octanol–water partition coefficient (Wildman–Crippen LogP) is 3.00. The van der Waals surface area contributed by atoms with Gasteiger partial charge in [-0.3, -0.25) is 0 Å². The van der Waals surface area contributed by atoms with Crippen LogP contribution in [0.1, 0.15) is 23.6 Å². The van der Waals surface area contributed by atoms with E-state index >= 15 is 0 Å². The summed E-state index contributed by atoms with van der Waals surface area (Å²) in [6.45, 7) is 4.78. The second-order valence-corrected chi connectivity index (χ2v) is 9.07. The van der Waals surface area contributed by atoms with Crippen LogP contribution in [0.4, 0.5) is 0 Å². The summed E-state index contributed by atoms with van der Waals surface area (Å²) >= 11 is 0. The van der Waals surface area contributed by atoms with Crippen LogP contribution in [0, 0.1) is 19.8 Å². The van der Waals surface area contributed by atoms with Gasteiger partial charge in [0.2, 0.25) is 10.0 Å². The Labute approximate surface area is 164 Å². The molecule has 0 radical (unpaired) electrons. The van der Waals surface area contributed by atoms with Gasteiger partial charge in [-0.25, -0.2) is 18.4 Å². The van der Waals surface area contributed by atoms with Crippen molar-refractivity contribution in [3.63, 3.8) is 0 Å². The third kappa shape index (κ3) is 3.57. The molecule has 0 unspecified atom stereocenters. The van der Waals surface area contributed by atoms with Crippen molar-refractivity contribution in [2.45, 2.75) is 31.6 Å². The molecule has 1 aliphatic rings. The molecule has 1 aliphatic heterocycles. The van der Waals surface area contributed by atoms with Gasteiger partial charge < -0.3 is 4.52 Å². The zero-order chi connectivity index (χ0) is 19.7. The molecular formula is C20H22N4O3S.